The zero-order chi connectivity index (χ0) is 21.0. The zero-order valence-corrected chi connectivity index (χ0v) is 18.6. The van der Waals surface area contributed by atoms with Crippen molar-refractivity contribution in [3.63, 3.8) is 0 Å². The largest absolute Gasteiger partial charge is 0.342 e. The van der Waals surface area contributed by atoms with E-state index in [1.165, 1.54) is 28.6 Å². The third-order valence-electron chi connectivity index (χ3n) is 5.20. The molecule has 8 heteroatoms. The fraction of sp³-hybridized carbons (Fsp3) is 0.381. The normalized spacial score (nSPS) is 15.7. The topological polar surface area (TPSA) is 57.7 Å². The summed E-state index contributed by atoms with van der Waals surface area (Å²) in [5.74, 6) is 0.387. The van der Waals surface area contributed by atoms with Gasteiger partial charge in [-0.05, 0) is 54.7 Å². The van der Waals surface area contributed by atoms with Crippen LogP contribution in [0.25, 0.3) is 0 Å². The molecule has 0 aromatic heterocycles. The third-order valence-corrected chi connectivity index (χ3v) is 7.63. The van der Waals surface area contributed by atoms with Gasteiger partial charge in [0, 0.05) is 29.7 Å². The van der Waals surface area contributed by atoms with Crippen molar-refractivity contribution in [1.82, 2.24) is 9.21 Å². The summed E-state index contributed by atoms with van der Waals surface area (Å²) in [6, 6.07) is 13.0. The van der Waals surface area contributed by atoms with Crippen LogP contribution in [0.3, 0.4) is 0 Å². The first-order chi connectivity index (χ1) is 13.8. The average Bonchev–Trinajstić information content (AvgIpc) is 2.70. The summed E-state index contributed by atoms with van der Waals surface area (Å²) in [6.45, 7) is 3.25. The molecule has 1 amide bonds. The number of amides is 1. The number of likely N-dealkylation sites (tertiary alicyclic amines) is 1. The van der Waals surface area contributed by atoms with Crippen LogP contribution in [0.15, 0.2) is 53.4 Å². The van der Waals surface area contributed by atoms with Crippen LogP contribution >= 0.6 is 23.2 Å². The first-order valence-corrected chi connectivity index (χ1v) is 11.7. The lowest BCUT2D eigenvalue weighted by molar-refractivity contribution is -0.132. The lowest BCUT2D eigenvalue weighted by Gasteiger charge is -2.32. The first kappa shape index (κ1) is 22.1. The summed E-state index contributed by atoms with van der Waals surface area (Å²) < 4.78 is 27.8. The van der Waals surface area contributed by atoms with Crippen LogP contribution in [0, 0.1) is 5.92 Å². The van der Waals surface area contributed by atoms with Crippen molar-refractivity contribution in [1.29, 1.82) is 0 Å². The minimum atomic E-state index is -3.91. The van der Waals surface area contributed by atoms with Gasteiger partial charge in [0.05, 0.1) is 11.4 Å². The van der Waals surface area contributed by atoms with E-state index in [0.29, 0.717) is 34.6 Å². The molecule has 156 valence electrons. The van der Waals surface area contributed by atoms with Gasteiger partial charge in [0.2, 0.25) is 15.9 Å². The number of rotatable bonds is 6. The molecule has 2 aromatic rings. The highest BCUT2D eigenvalue weighted by Gasteiger charge is 2.30. The summed E-state index contributed by atoms with van der Waals surface area (Å²) >= 11 is 12.2. The van der Waals surface area contributed by atoms with E-state index in [2.05, 4.69) is 6.92 Å². The van der Waals surface area contributed by atoms with Crippen LogP contribution in [-0.2, 0) is 21.4 Å². The molecule has 0 bridgehead atoms. The van der Waals surface area contributed by atoms with Crippen LogP contribution in [-0.4, -0.2) is 43.2 Å². The smallest absolute Gasteiger partial charge is 0.243 e. The van der Waals surface area contributed by atoms with E-state index in [0.717, 1.165) is 12.8 Å². The molecule has 0 saturated carbocycles. The number of hydrogen-bond donors (Lipinski definition) is 0. The standard InChI is InChI=1S/C21H24Cl2N2O3S/c1-16-10-12-24(13-11-16)21(26)15-25(14-17-4-2-3-5-20(17)23)29(27,28)19-8-6-18(22)7-9-19/h2-9,16H,10-15H2,1H3. The van der Waals surface area contributed by atoms with E-state index in [1.807, 2.05) is 0 Å². The Morgan fingerprint density at radius 1 is 1.07 bits per heavy atom. The van der Waals surface area contributed by atoms with Crippen molar-refractivity contribution in [2.75, 3.05) is 19.6 Å². The second-order valence-electron chi connectivity index (χ2n) is 7.38. The van der Waals surface area contributed by atoms with Crippen molar-refractivity contribution in [2.24, 2.45) is 5.92 Å². The predicted octanol–water partition coefficient (Wildman–Crippen LogP) is 4.44. The molecule has 1 aliphatic heterocycles. The molecule has 1 saturated heterocycles. The lowest BCUT2D eigenvalue weighted by Crippen LogP contribution is -2.45. The van der Waals surface area contributed by atoms with E-state index < -0.39 is 10.0 Å². The summed E-state index contributed by atoms with van der Waals surface area (Å²) in [6.07, 6.45) is 1.86. The van der Waals surface area contributed by atoms with Crippen molar-refractivity contribution in [3.8, 4) is 0 Å². The molecule has 5 nitrogen and oxygen atoms in total. The van der Waals surface area contributed by atoms with Gasteiger partial charge in [0.15, 0.2) is 0 Å². The Morgan fingerprint density at radius 3 is 2.31 bits per heavy atom. The molecule has 1 heterocycles. The summed E-state index contributed by atoms with van der Waals surface area (Å²) in [7, 11) is -3.91. The van der Waals surface area contributed by atoms with Crippen LogP contribution in [0.1, 0.15) is 25.3 Å². The number of carbonyl (C=O) groups is 1. The Bertz CT molecular complexity index is 956. The minimum Gasteiger partial charge on any atom is -0.342 e. The van der Waals surface area contributed by atoms with Gasteiger partial charge in [0.25, 0.3) is 0 Å². The van der Waals surface area contributed by atoms with Crippen molar-refractivity contribution in [2.45, 2.75) is 31.2 Å². The molecule has 0 radical (unpaired) electrons. The number of nitrogens with zero attached hydrogens (tertiary/aromatic N) is 2. The molecule has 0 spiro atoms. The van der Waals surface area contributed by atoms with Gasteiger partial charge >= 0.3 is 0 Å². The molecular formula is C21H24Cl2N2O3S. The van der Waals surface area contributed by atoms with E-state index >= 15 is 0 Å². The molecule has 0 atom stereocenters. The van der Waals surface area contributed by atoms with Gasteiger partial charge in [0.1, 0.15) is 0 Å². The molecule has 2 aromatic carbocycles. The van der Waals surface area contributed by atoms with Crippen molar-refractivity contribution in [3.05, 3.63) is 64.1 Å². The average molecular weight is 455 g/mol. The van der Waals surface area contributed by atoms with Crippen LogP contribution in [0.2, 0.25) is 10.0 Å². The Balaban J connectivity index is 1.88. The van der Waals surface area contributed by atoms with Crippen molar-refractivity contribution < 1.29 is 13.2 Å². The molecule has 3 rings (SSSR count). The minimum absolute atomic E-state index is 0.0145. The second-order valence-corrected chi connectivity index (χ2v) is 10.2. The van der Waals surface area contributed by atoms with E-state index in [-0.39, 0.29) is 23.9 Å². The van der Waals surface area contributed by atoms with Gasteiger partial charge in [-0.2, -0.15) is 4.31 Å². The van der Waals surface area contributed by atoms with Gasteiger partial charge < -0.3 is 4.90 Å². The molecular weight excluding hydrogens is 431 g/mol. The highest BCUT2D eigenvalue weighted by molar-refractivity contribution is 7.89. The van der Waals surface area contributed by atoms with Crippen molar-refractivity contribution >= 4 is 39.1 Å². The molecule has 0 N–H and O–H groups in total. The predicted molar refractivity (Wildman–Crippen MR) is 115 cm³/mol. The fourth-order valence-corrected chi connectivity index (χ4v) is 5.00. The number of hydrogen-bond acceptors (Lipinski definition) is 3. The van der Waals surface area contributed by atoms with Crippen LogP contribution in [0.4, 0.5) is 0 Å². The summed E-state index contributed by atoms with van der Waals surface area (Å²) in [4.78, 5) is 14.7. The Morgan fingerprint density at radius 2 is 1.69 bits per heavy atom. The monoisotopic (exact) mass is 454 g/mol. The number of piperidine rings is 1. The number of benzene rings is 2. The van der Waals surface area contributed by atoms with E-state index in [9.17, 15) is 13.2 Å². The molecule has 1 fully saturated rings. The number of halogens is 2. The Hall–Kier alpha value is -1.60. The van der Waals surface area contributed by atoms with Gasteiger partial charge in [-0.1, -0.05) is 48.3 Å². The van der Waals surface area contributed by atoms with Crippen LogP contribution in [0.5, 0.6) is 0 Å². The van der Waals surface area contributed by atoms with Gasteiger partial charge in [-0.3, -0.25) is 4.79 Å². The summed E-state index contributed by atoms with van der Waals surface area (Å²) in [5.41, 5.74) is 0.645. The van der Waals surface area contributed by atoms with Crippen LogP contribution < -0.4 is 0 Å². The fourth-order valence-electron chi connectivity index (χ4n) is 3.31. The number of sulfonamides is 1. The lowest BCUT2D eigenvalue weighted by atomic mass is 9.99. The van der Waals surface area contributed by atoms with E-state index in [1.54, 1.807) is 29.2 Å². The summed E-state index contributed by atoms with van der Waals surface area (Å²) in [5, 5.41) is 0.906. The third kappa shape index (κ3) is 5.51. The highest BCUT2D eigenvalue weighted by atomic mass is 35.5. The number of carbonyl (C=O) groups excluding carboxylic acids is 1. The zero-order valence-electron chi connectivity index (χ0n) is 16.2. The Labute approximate surface area is 182 Å². The highest BCUT2D eigenvalue weighted by Crippen LogP contribution is 2.24. The Kier molecular flexibility index (Phi) is 7.22. The first-order valence-electron chi connectivity index (χ1n) is 9.54. The maximum atomic E-state index is 13.3. The SMILES string of the molecule is CC1CCN(C(=O)CN(Cc2ccccc2Cl)S(=O)(=O)c2ccc(Cl)cc2)CC1. The van der Waals surface area contributed by atoms with Gasteiger partial charge in [-0.25, -0.2) is 8.42 Å². The molecule has 1 aliphatic rings. The van der Waals surface area contributed by atoms with Gasteiger partial charge in [-0.15, -0.1) is 0 Å². The molecule has 0 aliphatic carbocycles. The maximum absolute atomic E-state index is 13.3. The molecule has 0 unspecified atom stereocenters. The molecule has 29 heavy (non-hydrogen) atoms. The quantitative estimate of drug-likeness (QED) is 0.647. The second kappa shape index (κ2) is 9.47. The van der Waals surface area contributed by atoms with E-state index in [4.69, 9.17) is 23.2 Å². The maximum Gasteiger partial charge on any atom is 0.243 e.